The van der Waals surface area contributed by atoms with E-state index in [2.05, 4.69) is 36.4 Å². The van der Waals surface area contributed by atoms with Gasteiger partial charge < -0.3 is 18.9 Å². The maximum Gasteiger partial charge on any atom is 0.338 e. The lowest BCUT2D eigenvalue weighted by molar-refractivity contribution is -0.0357. The highest BCUT2D eigenvalue weighted by Crippen LogP contribution is 2.40. The Labute approximate surface area is 218 Å². The van der Waals surface area contributed by atoms with Crippen LogP contribution in [0, 0.1) is 0 Å². The summed E-state index contributed by atoms with van der Waals surface area (Å²) in [4.78, 5) is 11.9. The van der Waals surface area contributed by atoms with Gasteiger partial charge in [-0.3, -0.25) is 0 Å². The Hall–Kier alpha value is -3.77. The molecule has 0 heterocycles. The van der Waals surface area contributed by atoms with Crippen molar-refractivity contribution in [2.24, 2.45) is 0 Å². The molecule has 0 amide bonds. The van der Waals surface area contributed by atoms with E-state index in [0.29, 0.717) is 38.6 Å². The van der Waals surface area contributed by atoms with Gasteiger partial charge in [-0.05, 0) is 28.8 Å². The molecule has 0 fully saturated rings. The fourth-order valence-corrected chi connectivity index (χ4v) is 4.20. The topological polar surface area (TPSA) is 54.0 Å². The van der Waals surface area contributed by atoms with Gasteiger partial charge in [0.2, 0.25) is 0 Å². The molecule has 0 aliphatic carbocycles. The molecule has 190 valence electrons. The zero-order valence-corrected chi connectivity index (χ0v) is 20.8. The van der Waals surface area contributed by atoms with E-state index >= 15 is 0 Å². The van der Waals surface area contributed by atoms with Crippen molar-refractivity contribution in [3.63, 3.8) is 0 Å². The van der Waals surface area contributed by atoms with Gasteiger partial charge in [-0.1, -0.05) is 109 Å². The summed E-state index contributed by atoms with van der Waals surface area (Å²) < 4.78 is 23.2. The minimum absolute atomic E-state index is 0.199. The maximum atomic E-state index is 11.9. The molecule has 5 nitrogen and oxygen atoms in total. The number of ether oxygens (including phenoxy) is 4. The standard InChI is InChI=1S/C32H32O5/c33-31(27-13-5-1-6-14-27)36-25-23-34-21-22-35-24-26-37-32(28-15-7-2-8-16-28,29-17-9-3-10-18-29)30-19-11-4-12-20-30/h1-20H,21-26H2. The van der Waals surface area contributed by atoms with Crippen LogP contribution < -0.4 is 0 Å². The molecule has 0 spiro atoms. The quantitative estimate of drug-likeness (QED) is 0.124. The smallest absolute Gasteiger partial charge is 0.338 e. The van der Waals surface area contributed by atoms with Gasteiger partial charge in [0.1, 0.15) is 12.2 Å². The summed E-state index contributed by atoms with van der Waals surface area (Å²) in [6.07, 6.45) is 0. The van der Waals surface area contributed by atoms with Crippen LogP contribution in [0.3, 0.4) is 0 Å². The number of benzene rings is 4. The molecule has 0 aromatic heterocycles. The van der Waals surface area contributed by atoms with Crippen molar-refractivity contribution in [1.29, 1.82) is 0 Å². The third kappa shape index (κ3) is 7.14. The number of carbonyl (C=O) groups is 1. The second-order valence-electron chi connectivity index (χ2n) is 8.35. The molecule has 0 N–H and O–H groups in total. The largest absolute Gasteiger partial charge is 0.460 e. The van der Waals surface area contributed by atoms with E-state index in [9.17, 15) is 4.79 Å². The summed E-state index contributed by atoms with van der Waals surface area (Å²) in [5.74, 6) is -0.351. The first kappa shape index (κ1) is 26.3. The second-order valence-corrected chi connectivity index (χ2v) is 8.35. The minimum Gasteiger partial charge on any atom is -0.460 e. The SMILES string of the molecule is O=C(OCCOCCOCCOC(c1ccccc1)(c1ccccc1)c1ccccc1)c1ccccc1. The van der Waals surface area contributed by atoms with E-state index < -0.39 is 5.60 Å². The Bertz CT molecular complexity index is 1080. The third-order valence-corrected chi connectivity index (χ3v) is 5.93. The van der Waals surface area contributed by atoms with Crippen molar-refractivity contribution in [3.05, 3.63) is 144 Å². The molecule has 0 aliphatic rings. The molecule has 0 bridgehead atoms. The fourth-order valence-electron chi connectivity index (χ4n) is 4.20. The molecule has 0 saturated carbocycles. The van der Waals surface area contributed by atoms with E-state index in [1.807, 2.05) is 60.7 Å². The van der Waals surface area contributed by atoms with E-state index in [1.54, 1.807) is 24.3 Å². The van der Waals surface area contributed by atoms with Gasteiger partial charge in [-0.2, -0.15) is 0 Å². The fraction of sp³-hybridized carbons (Fsp3) is 0.219. The molecule has 4 aromatic rings. The number of rotatable bonds is 14. The Morgan fingerprint density at radius 3 is 1.32 bits per heavy atom. The van der Waals surface area contributed by atoms with E-state index in [1.165, 1.54) is 0 Å². The average molecular weight is 497 g/mol. The van der Waals surface area contributed by atoms with Gasteiger partial charge in [0.05, 0.1) is 38.6 Å². The zero-order chi connectivity index (χ0) is 25.6. The molecule has 0 radical (unpaired) electrons. The number of carbonyl (C=O) groups excluding carboxylic acids is 1. The van der Waals surface area contributed by atoms with Crippen LogP contribution in [0.5, 0.6) is 0 Å². The molecule has 0 atom stereocenters. The molecule has 37 heavy (non-hydrogen) atoms. The van der Waals surface area contributed by atoms with Gasteiger partial charge in [0, 0.05) is 0 Å². The van der Waals surface area contributed by atoms with Crippen molar-refractivity contribution in [3.8, 4) is 0 Å². The first-order chi connectivity index (χ1) is 18.3. The molecular formula is C32H32O5. The molecule has 0 aliphatic heterocycles. The summed E-state index contributed by atoms with van der Waals surface area (Å²) in [6, 6.07) is 39.7. The van der Waals surface area contributed by atoms with Gasteiger partial charge in [0.15, 0.2) is 0 Å². The first-order valence-electron chi connectivity index (χ1n) is 12.5. The van der Waals surface area contributed by atoms with Crippen LogP contribution in [0.4, 0.5) is 0 Å². The number of esters is 1. The third-order valence-electron chi connectivity index (χ3n) is 5.93. The molecule has 4 aromatic carbocycles. The minimum atomic E-state index is -0.758. The van der Waals surface area contributed by atoms with E-state index in [-0.39, 0.29) is 12.6 Å². The summed E-state index contributed by atoms with van der Waals surface area (Å²) in [5.41, 5.74) is 2.94. The van der Waals surface area contributed by atoms with Gasteiger partial charge in [0.25, 0.3) is 0 Å². The van der Waals surface area contributed by atoms with Crippen molar-refractivity contribution in [1.82, 2.24) is 0 Å². The highest BCUT2D eigenvalue weighted by Gasteiger charge is 2.37. The lowest BCUT2D eigenvalue weighted by Gasteiger charge is -2.36. The predicted octanol–water partition coefficient (Wildman–Crippen LogP) is 5.89. The van der Waals surface area contributed by atoms with Crippen LogP contribution in [-0.4, -0.2) is 45.6 Å². The normalized spacial score (nSPS) is 11.2. The van der Waals surface area contributed by atoms with Crippen LogP contribution in [-0.2, 0) is 24.5 Å². The van der Waals surface area contributed by atoms with Gasteiger partial charge in [-0.25, -0.2) is 4.79 Å². The molecule has 5 heteroatoms. The monoisotopic (exact) mass is 496 g/mol. The Morgan fingerprint density at radius 2 is 0.865 bits per heavy atom. The summed E-state index contributed by atoms with van der Waals surface area (Å²) in [5, 5.41) is 0. The van der Waals surface area contributed by atoms with Crippen LogP contribution in [0.1, 0.15) is 27.0 Å². The summed E-state index contributed by atoms with van der Waals surface area (Å²) >= 11 is 0. The lowest BCUT2D eigenvalue weighted by Crippen LogP contribution is -2.34. The maximum absolute atomic E-state index is 11.9. The predicted molar refractivity (Wildman–Crippen MR) is 144 cm³/mol. The Morgan fingerprint density at radius 1 is 0.486 bits per heavy atom. The van der Waals surface area contributed by atoms with Crippen molar-refractivity contribution < 1.29 is 23.7 Å². The second kappa shape index (κ2) is 14.1. The van der Waals surface area contributed by atoms with Crippen molar-refractivity contribution in [2.75, 3.05) is 39.6 Å². The Kier molecular flexibility index (Phi) is 10.0. The summed E-state index contributed by atoms with van der Waals surface area (Å²) in [7, 11) is 0. The van der Waals surface area contributed by atoms with Gasteiger partial charge >= 0.3 is 5.97 Å². The molecular weight excluding hydrogens is 464 g/mol. The van der Waals surface area contributed by atoms with Crippen LogP contribution in [0.25, 0.3) is 0 Å². The molecule has 4 rings (SSSR count). The van der Waals surface area contributed by atoms with Gasteiger partial charge in [-0.15, -0.1) is 0 Å². The number of hydrogen-bond acceptors (Lipinski definition) is 5. The van der Waals surface area contributed by atoms with E-state index in [4.69, 9.17) is 18.9 Å². The van der Waals surface area contributed by atoms with Crippen molar-refractivity contribution >= 4 is 5.97 Å². The molecule has 0 saturated heterocycles. The van der Waals surface area contributed by atoms with Crippen LogP contribution in [0.15, 0.2) is 121 Å². The lowest BCUT2D eigenvalue weighted by atomic mass is 9.80. The van der Waals surface area contributed by atoms with Crippen LogP contribution >= 0.6 is 0 Å². The molecule has 0 unspecified atom stereocenters. The number of hydrogen-bond donors (Lipinski definition) is 0. The van der Waals surface area contributed by atoms with Crippen molar-refractivity contribution in [2.45, 2.75) is 5.60 Å². The van der Waals surface area contributed by atoms with Crippen LogP contribution in [0.2, 0.25) is 0 Å². The zero-order valence-electron chi connectivity index (χ0n) is 20.8. The first-order valence-corrected chi connectivity index (χ1v) is 12.5. The summed E-state index contributed by atoms with van der Waals surface area (Å²) in [6.45, 7) is 2.16. The Balaban J connectivity index is 1.27. The highest BCUT2D eigenvalue weighted by molar-refractivity contribution is 5.89. The van der Waals surface area contributed by atoms with E-state index in [0.717, 1.165) is 16.7 Å². The highest BCUT2D eigenvalue weighted by atomic mass is 16.6. The average Bonchev–Trinajstić information content (AvgIpc) is 2.98.